The van der Waals surface area contributed by atoms with Crippen molar-refractivity contribution in [3.8, 4) is 17.2 Å². The van der Waals surface area contributed by atoms with E-state index >= 15 is 0 Å². The SMILES string of the molecule is COc1cc2nc(Nc3nc4ccc(OCCNC(C)c5ccncc5)cc4c(=O)[nH]3)nc(C)c2cc1OC. The summed E-state index contributed by atoms with van der Waals surface area (Å²) in [4.78, 5) is 33.3. The number of H-pyrrole nitrogens is 1. The number of fused-ring (bicyclic) bond motifs is 2. The third-order valence-corrected chi connectivity index (χ3v) is 6.33. The van der Waals surface area contributed by atoms with Crippen molar-refractivity contribution >= 4 is 33.7 Å². The Hall–Kier alpha value is -4.77. The van der Waals surface area contributed by atoms with Crippen LogP contribution in [0.5, 0.6) is 17.2 Å². The second kappa shape index (κ2) is 11.3. The highest BCUT2D eigenvalue weighted by Gasteiger charge is 2.13. The Morgan fingerprint density at radius 2 is 1.69 bits per heavy atom. The van der Waals surface area contributed by atoms with Gasteiger partial charge in [-0.2, -0.15) is 0 Å². The van der Waals surface area contributed by atoms with E-state index in [2.05, 4.69) is 42.5 Å². The number of aromatic amines is 1. The number of pyridine rings is 1. The summed E-state index contributed by atoms with van der Waals surface area (Å²) in [6, 6.07) is 13.0. The number of anilines is 2. The number of aryl methyl sites for hydroxylation is 1. The molecule has 0 aliphatic rings. The topological polar surface area (TPSA) is 136 Å². The predicted molar refractivity (Wildman–Crippen MR) is 149 cm³/mol. The molecule has 5 rings (SSSR count). The molecule has 0 spiro atoms. The molecule has 0 aliphatic heterocycles. The molecule has 39 heavy (non-hydrogen) atoms. The highest BCUT2D eigenvalue weighted by atomic mass is 16.5. The van der Waals surface area contributed by atoms with Gasteiger partial charge in [0.25, 0.3) is 5.56 Å². The molecular weight excluding hydrogens is 498 g/mol. The fourth-order valence-electron chi connectivity index (χ4n) is 4.25. The van der Waals surface area contributed by atoms with E-state index in [-0.39, 0.29) is 17.5 Å². The summed E-state index contributed by atoms with van der Waals surface area (Å²) < 4.78 is 16.6. The van der Waals surface area contributed by atoms with Gasteiger partial charge in [-0.15, -0.1) is 0 Å². The smallest absolute Gasteiger partial charge is 0.260 e. The summed E-state index contributed by atoms with van der Waals surface area (Å²) in [6.45, 7) is 5.04. The van der Waals surface area contributed by atoms with Crippen molar-refractivity contribution in [3.63, 3.8) is 0 Å². The van der Waals surface area contributed by atoms with Gasteiger partial charge < -0.3 is 19.5 Å². The standard InChI is InChI=1S/C28H29N7O4/c1-16(18-7-9-29-10-8-18)30-11-12-39-19-5-6-22-21(13-19)26(36)34-28(32-22)35-27-31-17(2)20-14-24(37-3)25(38-4)15-23(20)33-27/h5-10,13-16,30H,11-12H2,1-4H3,(H2,31,32,33,34,35,36). The third-order valence-electron chi connectivity index (χ3n) is 6.33. The van der Waals surface area contributed by atoms with Crippen LogP contribution in [0.1, 0.15) is 24.2 Å². The number of aromatic nitrogens is 5. The third kappa shape index (κ3) is 5.73. The van der Waals surface area contributed by atoms with Crippen molar-refractivity contribution in [3.05, 3.63) is 76.5 Å². The van der Waals surface area contributed by atoms with Crippen LogP contribution in [-0.2, 0) is 0 Å². The van der Waals surface area contributed by atoms with Gasteiger partial charge in [0.15, 0.2) is 11.5 Å². The first kappa shape index (κ1) is 25.9. The van der Waals surface area contributed by atoms with Gasteiger partial charge in [-0.25, -0.2) is 15.0 Å². The lowest BCUT2D eigenvalue weighted by atomic mass is 10.1. The van der Waals surface area contributed by atoms with Gasteiger partial charge in [0.1, 0.15) is 12.4 Å². The van der Waals surface area contributed by atoms with Crippen molar-refractivity contribution in [2.45, 2.75) is 19.9 Å². The average molecular weight is 528 g/mol. The molecule has 0 saturated heterocycles. The Morgan fingerprint density at radius 3 is 2.46 bits per heavy atom. The van der Waals surface area contributed by atoms with Crippen LogP contribution in [0.3, 0.4) is 0 Å². The number of ether oxygens (including phenoxy) is 3. The second-order valence-corrected chi connectivity index (χ2v) is 8.88. The molecule has 0 bridgehead atoms. The maximum absolute atomic E-state index is 12.9. The predicted octanol–water partition coefficient (Wildman–Crippen LogP) is 4.06. The highest BCUT2D eigenvalue weighted by molar-refractivity contribution is 5.86. The average Bonchev–Trinajstić information content (AvgIpc) is 2.95. The normalized spacial score (nSPS) is 11.9. The van der Waals surface area contributed by atoms with Gasteiger partial charge in [0.05, 0.1) is 36.3 Å². The summed E-state index contributed by atoms with van der Waals surface area (Å²) >= 11 is 0. The minimum atomic E-state index is -0.304. The molecule has 0 radical (unpaired) electrons. The van der Waals surface area contributed by atoms with E-state index in [1.54, 1.807) is 50.9 Å². The van der Waals surface area contributed by atoms with Crippen molar-refractivity contribution in [1.82, 2.24) is 30.2 Å². The van der Waals surface area contributed by atoms with Crippen LogP contribution in [0.15, 0.2) is 59.7 Å². The quantitative estimate of drug-likeness (QED) is 0.228. The molecule has 2 aromatic carbocycles. The van der Waals surface area contributed by atoms with E-state index in [1.807, 2.05) is 25.1 Å². The van der Waals surface area contributed by atoms with Crippen molar-refractivity contribution < 1.29 is 14.2 Å². The minimum Gasteiger partial charge on any atom is -0.493 e. The van der Waals surface area contributed by atoms with E-state index < -0.39 is 0 Å². The number of nitrogens with zero attached hydrogens (tertiary/aromatic N) is 4. The van der Waals surface area contributed by atoms with Crippen LogP contribution in [0, 0.1) is 6.92 Å². The van der Waals surface area contributed by atoms with Crippen LogP contribution < -0.4 is 30.4 Å². The molecule has 0 saturated carbocycles. The van der Waals surface area contributed by atoms with Gasteiger partial charge in [-0.05, 0) is 55.8 Å². The summed E-state index contributed by atoms with van der Waals surface area (Å²) in [5.74, 6) is 2.27. The molecule has 1 unspecified atom stereocenters. The lowest BCUT2D eigenvalue weighted by Gasteiger charge is -2.14. The Bertz CT molecular complexity index is 1670. The highest BCUT2D eigenvalue weighted by Crippen LogP contribution is 2.33. The largest absolute Gasteiger partial charge is 0.493 e. The number of hydrogen-bond donors (Lipinski definition) is 3. The van der Waals surface area contributed by atoms with Crippen LogP contribution in [0.2, 0.25) is 0 Å². The van der Waals surface area contributed by atoms with E-state index in [0.29, 0.717) is 52.8 Å². The fraction of sp³-hybridized carbons (Fsp3) is 0.250. The lowest BCUT2D eigenvalue weighted by molar-refractivity contribution is 0.308. The van der Waals surface area contributed by atoms with E-state index in [1.165, 1.54) is 0 Å². The number of nitrogens with one attached hydrogen (secondary N) is 3. The molecule has 3 aromatic heterocycles. The molecule has 11 heteroatoms. The summed E-state index contributed by atoms with van der Waals surface area (Å²) in [5, 5.41) is 7.67. The van der Waals surface area contributed by atoms with Crippen molar-refractivity contribution in [2.75, 3.05) is 32.7 Å². The first-order chi connectivity index (χ1) is 18.9. The Balaban J connectivity index is 1.29. The summed E-state index contributed by atoms with van der Waals surface area (Å²) in [7, 11) is 3.15. The molecule has 5 aromatic rings. The molecule has 11 nitrogen and oxygen atoms in total. The van der Waals surface area contributed by atoms with Crippen LogP contribution in [0.4, 0.5) is 11.9 Å². The molecule has 200 valence electrons. The first-order valence-corrected chi connectivity index (χ1v) is 12.4. The molecule has 3 heterocycles. The van der Waals surface area contributed by atoms with Crippen molar-refractivity contribution in [2.24, 2.45) is 0 Å². The van der Waals surface area contributed by atoms with Crippen LogP contribution in [-0.4, -0.2) is 52.3 Å². The molecule has 3 N–H and O–H groups in total. The molecule has 0 fully saturated rings. The first-order valence-electron chi connectivity index (χ1n) is 12.4. The molecular formula is C28H29N7O4. The second-order valence-electron chi connectivity index (χ2n) is 8.88. The fourth-order valence-corrected chi connectivity index (χ4v) is 4.25. The van der Waals surface area contributed by atoms with Gasteiger partial charge >= 0.3 is 0 Å². The van der Waals surface area contributed by atoms with Gasteiger partial charge in [-0.3, -0.25) is 20.1 Å². The zero-order valence-electron chi connectivity index (χ0n) is 22.1. The Labute approximate surface area is 224 Å². The van der Waals surface area contributed by atoms with E-state index in [9.17, 15) is 4.79 Å². The zero-order chi connectivity index (χ0) is 27.4. The summed E-state index contributed by atoms with van der Waals surface area (Å²) in [5.41, 5.74) is 2.76. The molecule has 0 aliphatic carbocycles. The van der Waals surface area contributed by atoms with Gasteiger partial charge in [0.2, 0.25) is 11.9 Å². The van der Waals surface area contributed by atoms with Gasteiger partial charge in [0, 0.05) is 36.4 Å². The summed E-state index contributed by atoms with van der Waals surface area (Å²) in [6.07, 6.45) is 3.55. The van der Waals surface area contributed by atoms with E-state index in [0.717, 1.165) is 16.6 Å². The Morgan fingerprint density at radius 1 is 0.923 bits per heavy atom. The maximum atomic E-state index is 12.9. The van der Waals surface area contributed by atoms with Crippen LogP contribution in [0.25, 0.3) is 21.8 Å². The molecule has 1 atom stereocenters. The van der Waals surface area contributed by atoms with Crippen molar-refractivity contribution in [1.29, 1.82) is 0 Å². The van der Waals surface area contributed by atoms with E-state index in [4.69, 9.17) is 14.2 Å². The number of hydrogen-bond acceptors (Lipinski definition) is 10. The van der Waals surface area contributed by atoms with Gasteiger partial charge in [-0.1, -0.05) is 0 Å². The number of benzene rings is 2. The maximum Gasteiger partial charge on any atom is 0.260 e. The zero-order valence-corrected chi connectivity index (χ0v) is 22.1. The number of rotatable bonds is 10. The monoisotopic (exact) mass is 527 g/mol. The number of methoxy groups -OCH3 is 2. The Kier molecular flexibility index (Phi) is 7.50. The lowest BCUT2D eigenvalue weighted by Crippen LogP contribution is -2.24. The van der Waals surface area contributed by atoms with Crippen LogP contribution >= 0.6 is 0 Å². The minimum absolute atomic E-state index is 0.173. The molecule has 0 amide bonds.